The fourth-order valence-corrected chi connectivity index (χ4v) is 2.38. The monoisotopic (exact) mass is 257 g/mol. The maximum Gasteiger partial charge on any atom is 0.123 e. The Bertz CT molecular complexity index is 530. The second kappa shape index (κ2) is 5.45. The van der Waals surface area contributed by atoms with Crippen LogP contribution in [0.2, 0.25) is 0 Å². The topological polar surface area (TPSA) is 37.8 Å². The number of hydrogen-bond donors (Lipinski definition) is 1. The normalized spacial score (nSPS) is 18.7. The molecule has 0 radical (unpaired) electrons. The summed E-state index contributed by atoms with van der Waals surface area (Å²) >= 11 is 0. The minimum absolute atomic E-state index is 0.211. The van der Waals surface area contributed by atoms with Gasteiger partial charge in [0.05, 0.1) is 23.6 Å². The summed E-state index contributed by atoms with van der Waals surface area (Å²) in [5, 5.41) is 3.40. The number of nitrogens with zero attached hydrogens (tertiary/aromatic N) is 2. The van der Waals surface area contributed by atoms with Gasteiger partial charge in [0.25, 0.3) is 0 Å². The van der Waals surface area contributed by atoms with E-state index in [1.807, 2.05) is 12.4 Å². The van der Waals surface area contributed by atoms with E-state index >= 15 is 0 Å². The third kappa shape index (κ3) is 2.96. The lowest BCUT2D eigenvalue weighted by atomic mass is 10.1. The molecule has 1 aromatic carbocycles. The van der Waals surface area contributed by atoms with Crippen molar-refractivity contribution in [3.8, 4) is 0 Å². The van der Waals surface area contributed by atoms with Crippen LogP contribution in [0.5, 0.6) is 0 Å². The Kier molecular flexibility index (Phi) is 3.51. The molecule has 4 heteroatoms. The predicted molar refractivity (Wildman–Crippen MR) is 71.2 cm³/mol. The summed E-state index contributed by atoms with van der Waals surface area (Å²) in [6.07, 6.45) is 6.68. The van der Waals surface area contributed by atoms with Gasteiger partial charge in [0.1, 0.15) is 5.82 Å². The summed E-state index contributed by atoms with van der Waals surface area (Å²) in [5.74, 6) is -0.211. The number of nitrogens with one attached hydrogen (secondary N) is 1. The molecule has 1 aliphatic rings. The Morgan fingerprint density at radius 2 is 2.00 bits per heavy atom. The van der Waals surface area contributed by atoms with E-state index < -0.39 is 0 Å². The molecule has 1 unspecified atom stereocenters. The second-order valence-corrected chi connectivity index (χ2v) is 4.88. The number of halogens is 1. The molecule has 1 aliphatic heterocycles. The lowest BCUT2D eigenvalue weighted by molar-refractivity contribution is 0.622. The van der Waals surface area contributed by atoms with E-state index in [0.717, 1.165) is 29.9 Å². The molecule has 1 saturated heterocycles. The van der Waals surface area contributed by atoms with Crippen molar-refractivity contribution in [2.75, 3.05) is 6.54 Å². The van der Waals surface area contributed by atoms with Gasteiger partial charge in [-0.15, -0.1) is 0 Å². The summed E-state index contributed by atoms with van der Waals surface area (Å²) in [7, 11) is 0. The van der Waals surface area contributed by atoms with Crippen molar-refractivity contribution >= 4 is 0 Å². The van der Waals surface area contributed by atoms with Gasteiger partial charge in [-0.25, -0.2) is 4.39 Å². The Hall–Kier alpha value is -1.81. The van der Waals surface area contributed by atoms with Crippen LogP contribution >= 0.6 is 0 Å². The molecule has 2 heterocycles. The number of benzene rings is 1. The van der Waals surface area contributed by atoms with Gasteiger partial charge in [-0.3, -0.25) is 9.97 Å². The number of rotatable bonds is 3. The zero-order chi connectivity index (χ0) is 13.1. The van der Waals surface area contributed by atoms with Crippen LogP contribution in [0.3, 0.4) is 0 Å². The second-order valence-electron chi connectivity index (χ2n) is 4.88. The van der Waals surface area contributed by atoms with Crippen LogP contribution in [0.25, 0.3) is 0 Å². The van der Waals surface area contributed by atoms with Crippen molar-refractivity contribution in [1.29, 1.82) is 0 Å². The largest absolute Gasteiger partial charge is 0.309 e. The highest BCUT2D eigenvalue weighted by atomic mass is 19.1. The van der Waals surface area contributed by atoms with Gasteiger partial charge >= 0.3 is 0 Å². The molecular formula is C15H16FN3. The molecule has 1 aromatic heterocycles. The third-order valence-corrected chi connectivity index (χ3v) is 3.44. The molecule has 19 heavy (non-hydrogen) atoms. The molecule has 1 fully saturated rings. The highest BCUT2D eigenvalue weighted by Crippen LogP contribution is 2.20. The quantitative estimate of drug-likeness (QED) is 0.918. The molecule has 1 N–H and O–H groups in total. The van der Waals surface area contributed by atoms with E-state index in [1.54, 1.807) is 12.1 Å². The summed E-state index contributed by atoms with van der Waals surface area (Å²) in [5.41, 5.74) is 2.97. The molecule has 3 rings (SSSR count). The average molecular weight is 257 g/mol. The fourth-order valence-electron chi connectivity index (χ4n) is 2.38. The van der Waals surface area contributed by atoms with E-state index in [-0.39, 0.29) is 5.82 Å². The highest BCUT2D eigenvalue weighted by Gasteiger charge is 2.17. The Labute approximate surface area is 111 Å². The van der Waals surface area contributed by atoms with Crippen molar-refractivity contribution in [3.05, 3.63) is 59.4 Å². The van der Waals surface area contributed by atoms with Crippen molar-refractivity contribution in [2.24, 2.45) is 0 Å². The molecule has 0 amide bonds. The van der Waals surface area contributed by atoms with Gasteiger partial charge in [0, 0.05) is 12.6 Å². The zero-order valence-corrected chi connectivity index (χ0v) is 10.6. The predicted octanol–water partition coefficient (Wildman–Crippen LogP) is 2.63. The minimum atomic E-state index is -0.211. The highest BCUT2D eigenvalue weighted by molar-refractivity contribution is 5.21. The number of hydrogen-bond acceptors (Lipinski definition) is 3. The van der Waals surface area contributed by atoms with E-state index in [0.29, 0.717) is 12.5 Å². The Morgan fingerprint density at radius 1 is 1.16 bits per heavy atom. The smallest absolute Gasteiger partial charge is 0.123 e. The SMILES string of the molecule is Fc1ccc(Cc2cnc(C3CCCN3)cn2)cc1. The zero-order valence-electron chi connectivity index (χ0n) is 10.6. The molecule has 2 aromatic rings. The molecule has 0 saturated carbocycles. The summed E-state index contributed by atoms with van der Waals surface area (Å²) in [4.78, 5) is 8.92. The Morgan fingerprint density at radius 3 is 2.63 bits per heavy atom. The van der Waals surface area contributed by atoms with E-state index in [1.165, 1.54) is 18.6 Å². The van der Waals surface area contributed by atoms with Crippen LogP contribution in [-0.4, -0.2) is 16.5 Å². The van der Waals surface area contributed by atoms with Crippen LogP contribution < -0.4 is 5.32 Å². The van der Waals surface area contributed by atoms with Gasteiger partial charge in [-0.1, -0.05) is 12.1 Å². The standard InChI is InChI=1S/C15H16FN3/c16-12-5-3-11(4-6-12)8-13-9-19-15(10-18-13)14-2-1-7-17-14/h3-6,9-10,14,17H,1-2,7-8H2. The van der Waals surface area contributed by atoms with Gasteiger partial charge < -0.3 is 5.32 Å². The molecular weight excluding hydrogens is 241 g/mol. The minimum Gasteiger partial charge on any atom is -0.309 e. The lowest BCUT2D eigenvalue weighted by Crippen LogP contribution is -2.14. The first-order valence-corrected chi connectivity index (χ1v) is 6.60. The van der Waals surface area contributed by atoms with Crippen LogP contribution in [0.15, 0.2) is 36.7 Å². The molecule has 98 valence electrons. The maximum absolute atomic E-state index is 12.8. The van der Waals surface area contributed by atoms with Crippen molar-refractivity contribution < 1.29 is 4.39 Å². The van der Waals surface area contributed by atoms with Crippen LogP contribution in [0.1, 0.15) is 35.8 Å². The van der Waals surface area contributed by atoms with Gasteiger partial charge in [0.15, 0.2) is 0 Å². The van der Waals surface area contributed by atoms with E-state index in [9.17, 15) is 4.39 Å². The van der Waals surface area contributed by atoms with Crippen LogP contribution in [0, 0.1) is 5.82 Å². The first-order chi connectivity index (χ1) is 9.31. The number of aromatic nitrogens is 2. The first-order valence-electron chi connectivity index (χ1n) is 6.60. The fraction of sp³-hybridized carbons (Fsp3) is 0.333. The van der Waals surface area contributed by atoms with Crippen LogP contribution in [-0.2, 0) is 6.42 Å². The van der Waals surface area contributed by atoms with E-state index in [4.69, 9.17) is 0 Å². The maximum atomic E-state index is 12.8. The van der Waals surface area contributed by atoms with Crippen molar-refractivity contribution in [3.63, 3.8) is 0 Å². The van der Waals surface area contributed by atoms with E-state index in [2.05, 4.69) is 15.3 Å². The molecule has 1 atom stereocenters. The molecule has 0 aliphatic carbocycles. The summed E-state index contributed by atoms with van der Waals surface area (Å²) in [6, 6.07) is 6.86. The third-order valence-electron chi connectivity index (χ3n) is 3.44. The van der Waals surface area contributed by atoms with Crippen molar-refractivity contribution in [1.82, 2.24) is 15.3 Å². The molecule has 3 nitrogen and oxygen atoms in total. The van der Waals surface area contributed by atoms with Crippen LogP contribution in [0.4, 0.5) is 4.39 Å². The molecule has 0 bridgehead atoms. The van der Waals surface area contributed by atoms with Gasteiger partial charge in [-0.05, 0) is 37.1 Å². The molecule has 0 spiro atoms. The van der Waals surface area contributed by atoms with Crippen molar-refractivity contribution in [2.45, 2.75) is 25.3 Å². The summed E-state index contributed by atoms with van der Waals surface area (Å²) < 4.78 is 12.8. The average Bonchev–Trinajstić information content (AvgIpc) is 2.96. The first kappa shape index (κ1) is 12.2. The van der Waals surface area contributed by atoms with Gasteiger partial charge in [0.2, 0.25) is 0 Å². The summed E-state index contributed by atoms with van der Waals surface area (Å²) in [6.45, 7) is 1.06. The van der Waals surface area contributed by atoms with Gasteiger partial charge in [-0.2, -0.15) is 0 Å². The lowest BCUT2D eigenvalue weighted by Gasteiger charge is -2.09. The Balaban J connectivity index is 1.70.